The van der Waals surface area contributed by atoms with Gasteiger partial charge in [-0.2, -0.15) is 0 Å². The molecule has 0 unspecified atom stereocenters. The van der Waals surface area contributed by atoms with Gasteiger partial charge in [0.15, 0.2) is 11.5 Å². The third-order valence-corrected chi connectivity index (χ3v) is 5.76. The molecule has 1 amide bonds. The first kappa shape index (κ1) is 22.7. The number of thioether (sulfide) groups is 1. The zero-order chi connectivity index (χ0) is 22.2. The van der Waals surface area contributed by atoms with Crippen molar-refractivity contribution in [2.75, 3.05) is 26.5 Å². The van der Waals surface area contributed by atoms with Crippen molar-refractivity contribution in [3.8, 4) is 23.0 Å². The van der Waals surface area contributed by atoms with Gasteiger partial charge in [-0.05, 0) is 50.1 Å². The van der Waals surface area contributed by atoms with Crippen LogP contribution in [0.3, 0.4) is 0 Å². The van der Waals surface area contributed by atoms with Crippen LogP contribution < -0.4 is 14.8 Å². The molecule has 0 fully saturated rings. The van der Waals surface area contributed by atoms with E-state index in [0.717, 1.165) is 34.6 Å². The summed E-state index contributed by atoms with van der Waals surface area (Å²) in [5, 5.41) is 2.96. The van der Waals surface area contributed by atoms with Crippen molar-refractivity contribution < 1.29 is 18.7 Å². The first-order valence-corrected chi connectivity index (χ1v) is 11.2. The number of carbonyl (C=O) groups is 1. The third kappa shape index (κ3) is 6.28. The number of hydrogen-bond acceptors (Lipinski definition) is 6. The molecular weight excluding hydrogens is 412 g/mol. The minimum absolute atomic E-state index is 0.00512. The van der Waals surface area contributed by atoms with Gasteiger partial charge in [-0.25, -0.2) is 4.98 Å². The molecule has 0 spiro atoms. The molecule has 3 rings (SSSR count). The van der Waals surface area contributed by atoms with Crippen molar-refractivity contribution in [1.29, 1.82) is 0 Å². The van der Waals surface area contributed by atoms with Gasteiger partial charge in [0.1, 0.15) is 5.76 Å². The number of rotatable bonds is 10. The Hall–Kier alpha value is -2.93. The minimum atomic E-state index is 0.00512. The fourth-order valence-electron chi connectivity index (χ4n) is 3.14. The summed E-state index contributed by atoms with van der Waals surface area (Å²) in [5.74, 6) is 3.80. The van der Waals surface area contributed by atoms with Gasteiger partial charge in [0, 0.05) is 17.9 Å². The first-order chi connectivity index (χ1) is 15.0. The summed E-state index contributed by atoms with van der Waals surface area (Å²) in [5.41, 5.74) is 4.08. The number of aryl methyl sites for hydroxylation is 2. The summed E-state index contributed by atoms with van der Waals surface area (Å²) in [4.78, 5) is 16.8. The molecule has 1 aromatic heterocycles. The van der Waals surface area contributed by atoms with Gasteiger partial charge in [-0.3, -0.25) is 4.79 Å². The van der Waals surface area contributed by atoms with Gasteiger partial charge in [-0.15, -0.1) is 11.8 Å². The van der Waals surface area contributed by atoms with Gasteiger partial charge in [-0.1, -0.05) is 23.8 Å². The Balaban J connectivity index is 1.43. The molecular formula is C24H28N2O4S. The quantitative estimate of drug-likeness (QED) is 0.498. The van der Waals surface area contributed by atoms with Crippen molar-refractivity contribution in [3.05, 3.63) is 65.0 Å². The number of ether oxygens (including phenoxy) is 2. The van der Waals surface area contributed by atoms with Crippen molar-refractivity contribution in [1.82, 2.24) is 10.3 Å². The van der Waals surface area contributed by atoms with E-state index < -0.39 is 0 Å². The number of benzene rings is 2. The SMILES string of the molecule is COc1ccc(CCNC(=O)CSCc2nc(-c3cccc(C)c3)oc2C)cc1OC. The molecule has 0 bridgehead atoms. The highest BCUT2D eigenvalue weighted by atomic mass is 32.2. The molecule has 3 aromatic rings. The molecule has 0 aliphatic rings. The molecule has 1 N–H and O–H groups in total. The second-order valence-corrected chi connectivity index (χ2v) is 8.16. The van der Waals surface area contributed by atoms with Gasteiger partial charge in [0.05, 0.1) is 25.7 Å². The second kappa shape index (κ2) is 10.9. The van der Waals surface area contributed by atoms with Crippen LogP contribution in [-0.2, 0) is 17.0 Å². The Morgan fingerprint density at radius 3 is 2.65 bits per heavy atom. The lowest BCUT2D eigenvalue weighted by molar-refractivity contribution is -0.118. The monoisotopic (exact) mass is 440 g/mol. The highest BCUT2D eigenvalue weighted by Crippen LogP contribution is 2.27. The van der Waals surface area contributed by atoms with Gasteiger partial charge < -0.3 is 19.2 Å². The Bertz CT molecular complexity index is 1030. The van der Waals surface area contributed by atoms with Crippen molar-refractivity contribution in [2.24, 2.45) is 0 Å². The standard InChI is InChI=1S/C24H28N2O4S/c1-16-6-5-7-19(12-16)24-26-20(17(2)30-24)14-31-15-23(27)25-11-10-18-8-9-21(28-3)22(13-18)29-4/h5-9,12-13H,10-11,14-15H2,1-4H3,(H,25,27). The maximum atomic E-state index is 12.2. The molecule has 0 saturated carbocycles. The zero-order valence-electron chi connectivity index (χ0n) is 18.4. The van der Waals surface area contributed by atoms with E-state index in [1.54, 1.807) is 14.2 Å². The molecule has 7 heteroatoms. The predicted octanol–water partition coefficient (Wildman–Crippen LogP) is 4.57. The molecule has 2 aromatic carbocycles. The summed E-state index contributed by atoms with van der Waals surface area (Å²) < 4.78 is 16.4. The van der Waals surface area contributed by atoms with Crippen LogP contribution in [0.5, 0.6) is 11.5 Å². The van der Waals surface area contributed by atoms with Crippen LogP contribution in [0.15, 0.2) is 46.9 Å². The van der Waals surface area contributed by atoms with Crippen LogP contribution in [0, 0.1) is 13.8 Å². The van der Waals surface area contributed by atoms with Crippen LogP contribution in [0.25, 0.3) is 11.5 Å². The Labute approximate surface area is 187 Å². The van der Waals surface area contributed by atoms with Crippen LogP contribution in [0.2, 0.25) is 0 Å². The summed E-state index contributed by atoms with van der Waals surface area (Å²) in [6.07, 6.45) is 0.721. The largest absolute Gasteiger partial charge is 0.493 e. The number of hydrogen-bond donors (Lipinski definition) is 1. The smallest absolute Gasteiger partial charge is 0.230 e. The number of methoxy groups -OCH3 is 2. The van der Waals surface area contributed by atoms with E-state index >= 15 is 0 Å². The van der Waals surface area contributed by atoms with Crippen LogP contribution in [0.1, 0.15) is 22.6 Å². The normalized spacial score (nSPS) is 10.7. The number of aromatic nitrogens is 1. The summed E-state index contributed by atoms with van der Waals surface area (Å²) in [7, 11) is 3.22. The van der Waals surface area contributed by atoms with Crippen LogP contribution in [-0.4, -0.2) is 37.4 Å². The molecule has 31 heavy (non-hydrogen) atoms. The average Bonchev–Trinajstić information content (AvgIpc) is 3.14. The van der Waals surface area contributed by atoms with E-state index in [1.165, 1.54) is 11.8 Å². The van der Waals surface area contributed by atoms with Gasteiger partial charge in [0.2, 0.25) is 11.8 Å². The number of amides is 1. The summed E-state index contributed by atoms with van der Waals surface area (Å²) in [6.45, 7) is 4.51. The van der Waals surface area contributed by atoms with Crippen molar-refractivity contribution in [2.45, 2.75) is 26.0 Å². The summed E-state index contributed by atoms with van der Waals surface area (Å²) >= 11 is 1.53. The first-order valence-electron chi connectivity index (χ1n) is 10.1. The number of nitrogens with one attached hydrogen (secondary N) is 1. The average molecular weight is 441 g/mol. The molecule has 0 aliphatic heterocycles. The minimum Gasteiger partial charge on any atom is -0.493 e. The second-order valence-electron chi connectivity index (χ2n) is 7.17. The number of carbonyl (C=O) groups excluding carboxylic acids is 1. The molecule has 6 nitrogen and oxygen atoms in total. The maximum absolute atomic E-state index is 12.2. The Morgan fingerprint density at radius 2 is 1.90 bits per heavy atom. The molecule has 164 valence electrons. The van der Waals surface area contributed by atoms with E-state index in [1.807, 2.05) is 56.3 Å². The summed E-state index contributed by atoms with van der Waals surface area (Å²) in [6, 6.07) is 13.8. The van der Waals surface area contributed by atoms with Crippen molar-refractivity contribution >= 4 is 17.7 Å². The molecule has 0 atom stereocenters. The molecule has 0 aliphatic carbocycles. The Morgan fingerprint density at radius 1 is 1.10 bits per heavy atom. The lowest BCUT2D eigenvalue weighted by atomic mass is 10.1. The van der Waals surface area contributed by atoms with E-state index in [0.29, 0.717) is 35.4 Å². The third-order valence-electron chi connectivity index (χ3n) is 4.81. The molecule has 0 radical (unpaired) electrons. The fourth-order valence-corrected chi connectivity index (χ4v) is 3.99. The lowest BCUT2D eigenvalue weighted by Crippen LogP contribution is -2.27. The van der Waals surface area contributed by atoms with Crippen LogP contribution >= 0.6 is 11.8 Å². The van der Waals surface area contributed by atoms with E-state index in [4.69, 9.17) is 13.9 Å². The highest BCUT2D eigenvalue weighted by molar-refractivity contribution is 7.99. The predicted molar refractivity (Wildman–Crippen MR) is 124 cm³/mol. The maximum Gasteiger partial charge on any atom is 0.230 e. The number of nitrogens with zero attached hydrogens (tertiary/aromatic N) is 1. The Kier molecular flexibility index (Phi) is 8.00. The highest BCUT2D eigenvalue weighted by Gasteiger charge is 2.12. The van der Waals surface area contributed by atoms with E-state index in [9.17, 15) is 4.79 Å². The van der Waals surface area contributed by atoms with Crippen LogP contribution in [0.4, 0.5) is 0 Å². The van der Waals surface area contributed by atoms with Crippen molar-refractivity contribution in [3.63, 3.8) is 0 Å². The molecule has 1 heterocycles. The molecule has 0 saturated heterocycles. The van der Waals surface area contributed by atoms with E-state index in [-0.39, 0.29) is 5.91 Å². The van der Waals surface area contributed by atoms with Gasteiger partial charge in [0.25, 0.3) is 0 Å². The van der Waals surface area contributed by atoms with E-state index in [2.05, 4.69) is 10.3 Å². The lowest BCUT2D eigenvalue weighted by Gasteiger charge is -2.10. The zero-order valence-corrected chi connectivity index (χ0v) is 19.2. The topological polar surface area (TPSA) is 73.6 Å². The number of oxazole rings is 1. The van der Waals surface area contributed by atoms with Gasteiger partial charge >= 0.3 is 0 Å². The fraction of sp³-hybridized carbons (Fsp3) is 0.333.